The van der Waals surface area contributed by atoms with Gasteiger partial charge in [0, 0.05) is 49.3 Å². The standard InChI is InChI=1S/C21H26ClN3O2/c22-18-6-5-17-7-8-25(19(17)14-18)15-21(27)24-11-9-23(10-12-24)20(26)13-16-3-1-2-4-16/h5-8,14,16H,1-4,9-13,15H2. The van der Waals surface area contributed by atoms with Gasteiger partial charge < -0.3 is 14.4 Å². The Kier molecular flexibility index (Phi) is 5.39. The van der Waals surface area contributed by atoms with E-state index < -0.39 is 0 Å². The van der Waals surface area contributed by atoms with E-state index in [1.807, 2.05) is 44.8 Å². The van der Waals surface area contributed by atoms with Crippen LogP contribution in [-0.2, 0) is 16.1 Å². The molecule has 2 aromatic rings. The van der Waals surface area contributed by atoms with Crippen LogP contribution < -0.4 is 0 Å². The van der Waals surface area contributed by atoms with Gasteiger partial charge in [-0.3, -0.25) is 9.59 Å². The summed E-state index contributed by atoms with van der Waals surface area (Å²) in [6.07, 6.45) is 7.53. The van der Waals surface area contributed by atoms with Crippen LogP contribution in [0, 0.1) is 5.92 Å². The van der Waals surface area contributed by atoms with Gasteiger partial charge in [-0.1, -0.05) is 30.5 Å². The zero-order valence-electron chi connectivity index (χ0n) is 15.6. The summed E-state index contributed by atoms with van der Waals surface area (Å²) in [5.74, 6) is 0.932. The summed E-state index contributed by atoms with van der Waals surface area (Å²) < 4.78 is 1.95. The van der Waals surface area contributed by atoms with E-state index in [9.17, 15) is 9.59 Å². The Hall–Kier alpha value is -2.01. The molecule has 0 spiro atoms. The smallest absolute Gasteiger partial charge is 0.242 e. The molecule has 2 heterocycles. The highest BCUT2D eigenvalue weighted by molar-refractivity contribution is 6.31. The van der Waals surface area contributed by atoms with Gasteiger partial charge in [-0.05, 0) is 42.3 Å². The lowest BCUT2D eigenvalue weighted by atomic mass is 10.0. The quantitative estimate of drug-likeness (QED) is 0.805. The van der Waals surface area contributed by atoms with Gasteiger partial charge in [0.15, 0.2) is 0 Å². The lowest BCUT2D eigenvalue weighted by Gasteiger charge is -2.35. The number of nitrogens with zero attached hydrogens (tertiary/aromatic N) is 3. The first-order chi connectivity index (χ1) is 13.1. The second-order valence-corrected chi connectivity index (χ2v) is 8.20. The van der Waals surface area contributed by atoms with E-state index in [-0.39, 0.29) is 11.8 Å². The van der Waals surface area contributed by atoms with Crippen molar-refractivity contribution in [3.8, 4) is 0 Å². The molecular weight excluding hydrogens is 362 g/mol. The summed E-state index contributed by atoms with van der Waals surface area (Å²) in [6, 6.07) is 7.72. The molecule has 1 aromatic heterocycles. The molecule has 6 heteroatoms. The molecule has 0 N–H and O–H groups in total. The largest absolute Gasteiger partial charge is 0.339 e. The normalized spacial score (nSPS) is 18.4. The second-order valence-electron chi connectivity index (χ2n) is 7.76. The van der Waals surface area contributed by atoms with Gasteiger partial charge in [-0.2, -0.15) is 0 Å². The number of halogens is 1. The number of hydrogen-bond acceptors (Lipinski definition) is 2. The van der Waals surface area contributed by atoms with Crippen LogP contribution in [-0.4, -0.2) is 52.4 Å². The molecule has 0 atom stereocenters. The molecule has 0 radical (unpaired) electrons. The molecular formula is C21H26ClN3O2. The maximum Gasteiger partial charge on any atom is 0.242 e. The Morgan fingerprint density at radius 1 is 0.963 bits per heavy atom. The Balaban J connectivity index is 1.31. The third-order valence-corrected chi connectivity index (χ3v) is 6.20. The van der Waals surface area contributed by atoms with Crippen molar-refractivity contribution < 1.29 is 9.59 Å². The van der Waals surface area contributed by atoms with E-state index in [1.54, 1.807) is 0 Å². The molecule has 1 aliphatic carbocycles. The van der Waals surface area contributed by atoms with E-state index in [0.29, 0.717) is 50.1 Å². The molecule has 2 amide bonds. The van der Waals surface area contributed by atoms with Crippen LogP contribution in [0.1, 0.15) is 32.1 Å². The maximum atomic E-state index is 12.7. The summed E-state index contributed by atoms with van der Waals surface area (Å²) in [7, 11) is 0. The van der Waals surface area contributed by atoms with Crippen LogP contribution in [0.15, 0.2) is 30.5 Å². The van der Waals surface area contributed by atoms with Gasteiger partial charge in [-0.25, -0.2) is 0 Å². The van der Waals surface area contributed by atoms with E-state index in [1.165, 1.54) is 25.7 Å². The SMILES string of the molecule is O=C(CC1CCCC1)N1CCN(C(=O)Cn2ccc3ccc(Cl)cc32)CC1. The Morgan fingerprint density at radius 3 is 2.33 bits per heavy atom. The molecule has 4 rings (SSSR count). The molecule has 2 aliphatic rings. The predicted octanol–water partition coefficient (Wildman–Crippen LogP) is 3.55. The number of benzene rings is 1. The van der Waals surface area contributed by atoms with E-state index in [4.69, 9.17) is 11.6 Å². The van der Waals surface area contributed by atoms with Crippen molar-refractivity contribution in [3.05, 3.63) is 35.5 Å². The molecule has 27 heavy (non-hydrogen) atoms. The molecule has 5 nitrogen and oxygen atoms in total. The summed E-state index contributed by atoms with van der Waals surface area (Å²) in [6.45, 7) is 2.84. The van der Waals surface area contributed by atoms with E-state index in [2.05, 4.69) is 0 Å². The minimum absolute atomic E-state index is 0.0929. The zero-order chi connectivity index (χ0) is 18.8. The summed E-state index contributed by atoms with van der Waals surface area (Å²) >= 11 is 6.09. The minimum Gasteiger partial charge on any atom is -0.339 e. The fraction of sp³-hybridized carbons (Fsp3) is 0.524. The molecule has 1 saturated carbocycles. The Labute approximate surface area is 164 Å². The summed E-state index contributed by atoms with van der Waals surface area (Å²) in [5, 5.41) is 1.75. The topological polar surface area (TPSA) is 45.6 Å². The number of carbonyl (C=O) groups excluding carboxylic acids is 2. The van der Waals surface area contributed by atoms with Crippen LogP contribution >= 0.6 is 11.6 Å². The van der Waals surface area contributed by atoms with Crippen LogP contribution in [0.2, 0.25) is 5.02 Å². The van der Waals surface area contributed by atoms with Gasteiger partial charge >= 0.3 is 0 Å². The minimum atomic E-state index is 0.0929. The lowest BCUT2D eigenvalue weighted by Crippen LogP contribution is -2.51. The summed E-state index contributed by atoms with van der Waals surface area (Å²) in [5.41, 5.74) is 0.973. The first-order valence-electron chi connectivity index (χ1n) is 9.90. The van der Waals surface area contributed by atoms with Gasteiger partial charge in [0.2, 0.25) is 11.8 Å². The fourth-order valence-corrected chi connectivity index (χ4v) is 4.50. The van der Waals surface area contributed by atoms with Crippen molar-refractivity contribution >= 4 is 34.3 Å². The van der Waals surface area contributed by atoms with Crippen molar-refractivity contribution in [2.24, 2.45) is 5.92 Å². The van der Waals surface area contributed by atoms with E-state index >= 15 is 0 Å². The van der Waals surface area contributed by atoms with Crippen molar-refractivity contribution in [1.29, 1.82) is 0 Å². The monoisotopic (exact) mass is 387 g/mol. The molecule has 1 aliphatic heterocycles. The third-order valence-electron chi connectivity index (χ3n) is 5.96. The third kappa shape index (κ3) is 4.13. The van der Waals surface area contributed by atoms with Crippen molar-refractivity contribution in [3.63, 3.8) is 0 Å². The highest BCUT2D eigenvalue weighted by Gasteiger charge is 2.26. The van der Waals surface area contributed by atoms with Crippen molar-refractivity contribution in [2.75, 3.05) is 26.2 Å². The van der Waals surface area contributed by atoms with Crippen molar-refractivity contribution in [1.82, 2.24) is 14.4 Å². The van der Waals surface area contributed by atoms with E-state index in [0.717, 1.165) is 10.9 Å². The number of carbonyl (C=O) groups is 2. The molecule has 0 bridgehead atoms. The Morgan fingerprint density at radius 2 is 1.63 bits per heavy atom. The second kappa shape index (κ2) is 7.93. The van der Waals surface area contributed by atoms with Gasteiger partial charge in [-0.15, -0.1) is 0 Å². The molecule has 0 unspecified atom stereocenters. The van der Waals surface area contributed by atoms with Crippen LogP contribution in [0.25, 0.3) is 10.9 Å². The maximum absolute atomic E-state index is 12.7. The van der Waals surface area contributed by atoms with Gasteiger partial charge in [0.1, 0.15) is 6.54 Å². The average molecular weight is 388 g/mol. The first kappa shape index (κ1) is 18.4. The fourth-order valence-electron chi connectivity index (χ4n) is 4.34. The number of piperazine rings is 1. The molecule has 1 saturated heterocycles. The number of fused-ring (bicyclic) bond motifs is 1. The van der Waals surface area contributed by atoms with Gasteiger partial charge in [0.05, 0.1) is 0 Å². The first-order valence-corrected chi connectivity index (χ1v) is 10.3. The van der Waals surface area contributed by atoms with Crippen molar-refractivity contribution in [2.45, 2.75) is 38.6 Å². The molecule has 1 aromatic carbocycles. The number of hydrogen-bond donors (Lipinski definition) is 0. The summed E-state index contributed by atoms with van der Waals surface area (Å²) in [4.78, 5) is 29.0. The Bertz CT molecular complexity index is 833. The van der Waals surface area contributed by atoms with Crippen LogP contribution in [0.3, 0.4) is 0 Å². The number of aromatic nitrogens is 1. The highest BCUT2D eigenvalue weighted by atomic mass is 35.5. The van der Waals surface area contributed by atoms with Crippen LogP contribution in [0.5, 0.6) is 0 Å². The zero-order valence-corrected chi connectivity index (χ0v) is 16.3. The number of rotatable bonds is 4. The molecule has 2 fully saturated rings. The average Bonchev–Trinajstić information content (AvgIpc) is 3.32. The molecule has 144 valence electrons. The lowest BCUT2D eigenvalue weighted by molar-refractivity contribution is -0.140. The predicted molar refractivity (Wildman–Crippen MR) is 107 cm³/mol. The highest BCUT2D eigenvalue weighted by Crippen LogP contribution is 2.28. The van der Waals surface area contributed by atoms with Gasteiger partial charge in [0.25, 0.3) is 0 Å². The van der Waals surface area contributed by atoms with Crippen LogP contribution in [0.4, 0.5) is 0 Å². The number of amides is 2.